The molecule has 112 valence electrons. The minimum absolute atomic E-state index is 0.000587. The zero-order valence-electron chi connectivity index (χ0n) is 11.2. The van der Waals surface area contributed by atoms with E-state index in [0.29, 0.717) is 11.6 Å². The van der Waals surface area contributed by atoms with Gasteiger partial charge in [0.15, 0.2) is 5.13 Å². The van der Waals surface area contributed by atoms with Gasteiger partial charge in [-0.3, -0.25) is 9.52 Å². The van der Waals surface area contributed by atoms with Gasteiger partial charge < -0.3 is 5.11 Å². The molecule has 1 heterocycles. The van der Waals surface area contributed by atoms with E-state index >= 15 is 0 Å². The van der Waals surface area contributed by atoms with Crippen LogP contribution in [0.5, 0.6) is 0 Å². The molecule has 1 aromatic heterocycles. The Labute approximate surface area is 126 Å². The molecule has 0 fully saturated rings. The first-order valence-electron chi connectivity index (χ1n) is 6.03. The molecule has 0 aliphatic rings. The van der Waals surface area contributed by atoms with Crippen LogP contribution in [0.2, 0.25) is 0 Å². The van der Waals surface area contributed by atoms with Crippen LogP contribution in [0.3, 0.4) is 0 Å². The minimum Gasteiger partial charge on any atom is -0.481 e. The standard InChI is InChI=1S/C13H14N2O4S2/c1-21(18,19)15-13-14-11(8-20-13)6-9-2-4-10(5-3-9)7-12(16)17/h2-5,8H,6-7H2,1H3,(H,14,15)(H,16,17). The summed E-state index contributed by atoms with van der Waals surface area (Å²) in [6.45, 7) is 0. The number of carboxylic acid groups (broad SMARTS) is 1. The molecular weight excluding hydrogens is 312 g/mol. The van der Waals surface area contributed by atoms with Crippen molar-refractivity contribution in [3.8, 4) is 0 Å². The number of nitrogens with zero attached hydrogens (tertiary/aromatic N) is 1. The predicted octanol–water partition coefficient (Wildman–Crippen LogP) is 1.73. The maximum atomic E-state index is 11.1. The lowest BCUT2D eigenvalue weighted by atomic mass is 10.1. The van der Waals surface area contributed by atoms with Gasteiger partial charge in [0.25, 0.3) is 0 Å². The first-order valence-corrected chi connectivity index (χ1v) is 8.81. The van der Waals surface area contributed by atoms with Crippen molar-refractivity contribution in [2.24, 2.45) is 0 Å². The molecule has 0 radical (unpaired) electrons. The van der Waals surface area contributed by atoms with Crippen LogP contribution in [0.4, 0.5) is 5.13 Å². The lowest BCUT2D eigenvalue weighted by Gasteiger charge is -2.01. The zero-order chi connectivity index (χ0) is 15.5. The lowest BCUT2D eigenvalue weighted by molar-refractivity contribution is -0.136. The topological polar surface area (TPSA) is 96.4 Å². The first kappa shape index (κ1) is 15.5. The second-order valence-electron chi connectivity index (χ2n) is 4.58. The second kappa shape index (κ2) is 6.23. The van der Waals surface area contributed by atoms with Crippen molar-refractivity contribution < 1.29 is 18.3 Å². The first-order chi connectivity index (χ1) is 9.82. The van der Waals surface area contributed by atoms with Gasteiger partial charge in [0.2, 0.25) is 10.0 Å². The van der Waals surface area contributed by atoms with Crippen molar-refractivity contribution in [2.45, 2.75) is 12.8 Å². The maximum Gasteiger partial charge on any atom is 0.307 e. The fraction of sp³-hybridized carbons (Fsp3) is 0.231. The molecule has 0 aliphatic carbocycles. The van der Waals surface area contributed by atoms with E-state index < -0.39 is 16.0 Å². The summed E-state index contributed by atoms with van der Waals surface area (Å²) in [5, 5.41) is 10.8. The molecule has 1 aromatic carbocycles. The van der Waals surface area contributed by atoms with E-state index in [-0.39, 0.29) is 6.42 Å². The Bertz CT molecular complexity index is 736. The number of aliphatic carboxylic acids is 1. The van der Waals surface area contributed by atoms with E-state index in [1.165, 1.54) is 11.3 Å². The number of sulfonamides is 1. The SMILES string of the molecule is CS(=O)(=O)Nc1nc(Cc2ccc(CC(=O)O)cc2)cs1. The van der Waals surface area contributed by atoms with Crippen LogP contribution < -0.4 is 4.72 Å². The number of benzene rings is 1. The number of thiazole rings is 1. The van der Waals surface area contributed by atoms with E-state index in [9.17, 15) is 13.2 Å². The van der Waals surface area contributed by atoms with Gasteiger partial charge in [0.05, 0.1) is 18.4 Å². The monoisotopic (exact) mass is 326 g/mol. The number of aromatic nitrogens is 1. The average molecular weight is 326 g/mol. The van der Waals surface area contributed by atoms with Crippen molar-refractivity contribution in [2.75, 3.05) is 11.0 Å². The van der Waals surface area contributed by atoms with Crippen LogP contribution in [-0.2, 0) is 27.7 Å². The van der Waals surface area contributed by atoms with Gasteiger partial charge >= 0.3 is 5.97 Å². The summed E-state index contributed by atoms with van der Waals surface area (Å²) in [5.74, 6) is -0.862. The lowest BCUT2D eigenvalue weighted by Crippen LogP contribution is -2.09. The van der Waals surface area contributed by atoms with Gasteiger partial charge in [0, 0.05) is 11.8 Å². The Morgan fingerprint density at radius 2 is 1.90 bits per heavy atom. The van der Waals surface area contributed by atoms with Crippen LogP contribution in [0.15, 0.2) is 29.6 Å². The van der Waals surface area contributed by atoms with Gasteiger partial charge in [0.1, 0.15) is 0 Å². The number of carbonyl (C=O) groups is 1. The van der Waals surface area contributed by atoms with E-state index in [1.54, 1.807) is 17.5 Å². The highest BCUT2D eigenvalue weighted by molar-refractivity contribution is 7.92. The summed E-state index contributed by atoms with van der Waals surface area (Å²) in [5.41, 5.74) is 2.49. The molecular formula is C13H14N2O4S2. The highest BCUT2D eigenvalue weighted by atomic mass is 32.2. The average Bonchev–Trinajstić information content (AvgIpc) is 2.76. The van der Waals surface area contributed by atoms with Gasteiger partial charge in [-0.25, -0.2) is 13.4 Å². The summed E-state index contributed by atoms with van der Waals surface area (Å²) in [4.78, 5) is 14.8. The molecule has 6 nitrogen and oxygen atoms in total. The fourth-order valence-electron chi connectivity index (χ4n) is 1.75. The van der Waals surface area contributed by atoms with Crippen LogP contribution in [0, 0.1) is 0 Å². The van der Waals surface area contributed by atoms with Crippen molar-refractivity contribution in [3.05, 3.63) is 46.5 Å². The summed E-state index contributed by atoms with van der Waals surface area (Å²) in [6, 6.07) is 7.24. The normalized spacial score (nSPS) is 11.3. The third-order valence-electron chi connectivity index (χ3n) is 2.59. The Kier molecular flexibility index (Phi) is 4.59. The Morgan fingerprint density at radius 3 is 2.48 bits per heavy atom. The molecule has 8 heteroatoms. The Balaban J connectivity index is 2.03. The molecule has 2 aromatic rings. The Morgan fingerprint density at radius 1 is 1.29 bits per heavy atom. The number of nitrogens with one attached hydrogen (secondary N) is 1. The number of hydrogen-bond donors (Lipinski definition) is 2. The summed E-state index contributed by atoms with van der Waals surface area (Å²) < 4.78 is 24.5. The van der Waals surface area contributed by atoms with Crippen LogP contribution in [-0.4, -0.2) is 30.7 Å². The third kappa shape index (κ3) is 5.16. The van der Waals surface area contributed by atoms with Crippen LogP contribution in [0.1, 0.15) is 16.8 Å². The largest absolute Gasteiger partial charge is 0.481 e. The summed E-state index contributed by atoms with van der Waals surface area (Å²) >= 11 is 1.23. The number of carboxylic acids is 1. The second-order valence-corrected chi connectivity index (χ2v) is 7.19. The van der Waals surface area contributed by atoms with E-state index in [2.05, 4.69) is 9.71 Å². The molecule has 21 heavy (non-hydrogen) atoms. The molecule has 0 atom stereocenters. The van der Waals surface area contributed by atoms with Gasteiger partial charge in [-0.1, -0.05) is 24.3 Å². The Hall–Kier alpha value is -1.93. The van der Waals surface area contributed by atoms with Crippen LogP contribution in [0.25, 0.3) is 0 Å². The highest BCUT2D eigenvalue weighted by Gasteiger charge is 2.08. The van der Waals surface area contributed by atoms with Gasteiger partial charge in [-0.05, 0) is 11.1 Å². The predicted molar refractivity (Wildman–Crippen MR) is 81.2 cm³/mol. The maximum absolute atomic E-state index is 11.1. The zero-order valence-corrected chi connectivity index (χ0v) is 12.9. The van der Waals surface area contributed by atoms with E-state index in [0.717, 1.165) is 23.1 Å². The molecule has 0 spiro atoms. The molecule has 0 unspecified atom stereocenters. The fourth-order valence-corrected chi connectivity index (χ4v) is 3.32. The van der Waals surface area contributed by atoms with Crippen molar-refractivity contribution in [3.63, 3.8) is 0 Å². The molecule has 0 saturated heterocycles. The minimum atomic E-state index is -3.31. The molecule has 0 bridgehead atoms. The molecule has 2 N–H and O–H groups in total. The van der Waals surface area contributed by atoms with E-state index in [1.807, 2.05) is 12.1 Å². The summed E-state index contributed by atoms with van der Waals surface area (Å²) in [6.07, 6.45) is 1.64. The highest BCUT2D eigenvalue weighted by Crippen LogP contribution is 2.19. The van der Waals surface area contributed by atoms with Gasteiger partial charge in [-0.2, -0.15) is 0 Å². The van der Waals surface area contributed by atoms with Crippen molar-refractivity contribution in [1.29, 1.82) is 0 Å². The van der Waals surface area contributed by atoms with Crippen molar-refractivity contribution >= 4 is 32.5 Å². The molecule has 0 aliphatic heterocycles. The smallest absolute Gasteiger partial charge is 0.307 e. The van der Waals surface area contributed by atoms with Gasteiger partial charge in [-0.15, -0.1) is 11.3 Å². The quantitative estimate of drug-likeness (QED) is 0.843. The number of rotatable bonds is 6. The van der Waals surface area contributed by atoms with Crippen molar-refractivity contribution in [1.82, 2.24) is 4.98 Å². The number of hydrogen-bond acceptors (Lipinski definition) is 5. The molecule has 0 amide bonds. The van der Waals surface area contributed by atoms with Crippen LogP contribution >= 0.6 is 11.3 Å². The molecule has 2 rings (SSSR count). The summed E-state index contributed by atoms with van der Waals surface area (Å²) in [7, 11) is -3.31. The van der Waals surface area contributed by atoms with E-state index in [4.69, 9.17) is 5.11 Å². The molecule has 0 saturated carbocycles. The number of anilines is 1. The third-order valence-corrected chi connectivity index (χ3v) is 4.09.